The molecule has 0 atom stereocenters. The van der Waals surface area contributed by atoms with E-state index in [1.54, 1.807) is 0 Å². The molecule has 22 heavy (non-hydrogen) atoms. The standard InChI is InChI=1S/C17H18N4S/c1-11-3-8-15-12(2)20-21-17(16(15)9-11)14-6-4-13(5-7-14)10-19-22-18/h3-9,19-20H,2,10,18H2,1H3. The lowest BCUT2D eigenvalue weighted by Crippen LogP contribution is -2.20. The minimum atomic E-state index is 0.735. The minimum Gasteiger partial charge on any atom is -0.278 e. The van der Waals surface area contributed by atoms with E-state index in [0.717, 1.165) is 46.8 Å². The Morgan fingerprint density at radius 2 is 1.95 bits per heavy atom. The molecule has 0 aliphatic carbocycles. The van der Waals surface area contributed by atoms with Crippen molar-refractivity contribution in [2.24, 2.45) is 10.2 Å². The summed E-state index contributed by atoms with van der Waals surface area (Å²) in [6, 6.07) is 14.7. The van der Waals surface area contributed by atoms with E-state index in [1.807, 2.05) is 0 Å². The first-order chi connectivity index (χ1) is 10.7. The van der Waals surface area contributed by atoms with Gasteiger partial charge in [-0.05, 0) is 18.6 Å². The summed E-state index contributed by atoms with van der Waals surface area (Å²) in [7, 11) is 0. The lowest BCUT2D eigenvalue weighted by atomic mass is 9.93. The monoisotopic (exact) mass is 310 g/mol. The van der Waals surface area contributed by atoms with Crippen LogP contribution in [0.15, 0.2) is 54.1 Å². The largest absolute Gasteiger partial charge is 0.278 e. The molecule has 0 aromatic heterocycles. The zero-order chi connectivity index (χ0) is 15.5. The van der Waals surface area contributed by atoms with Crippen LogP contribution >= 0.6 is 12.1 Å². The third-order valence-corrected chi connectivity index (χ3v) is 3.96. The highest BCUT2D eigenvalue weighted by atomic mass is 32.2. The van der Waals surface area contributed by atoms with Crippen molar-refractivity contribution in [1.82, 2.24) is 10.1 Å². The third-order valence-electron chi connectivity index (χ3n) is 3.64. The average molecular weight is 310 g/mol. The third kappa shape index (κ3) is 2.92. The van der Waals surface area contributed by atoms with Crippen molar-refractivity contribution in [3.05, 3.63) is 76.9 Å². The van der Waals surface area contributed by atoms with Crippen LogP contribution in [-0.4, -0.2) is 5.71 Å². The molecule has 0 amide bonds. The van der Waals surface area contributed by atoms with Gasteiger partial charge in [0, 0.05) is 35.4 Å². The highest BCUT2D eigenvalue weighted by molar-refractivity contribution is 7.95. The first-order valence-corrected chi connectivity index (χ1v) is 7.89. The van der Waals surface area contributed by atoms with Crippen LogP contribution < -0.4 is 15.3 Å². The number of nitrogens with one attached hydrogen (secondary N) is 2. The van der Waals surface area contributed by atoms with Gasteiger partial charge in [-0.2, -0.15) is 5.10 Å². The molecule has 112 valence electrons. The summed E-state index contributed by atoms with van der Waals surface area (Å²) >= 11 is 1.13. The maximum absolute atomic E-state index is 5.37. The van der Waals surface area contributed by atoms with Crippen LogP contribution in [0.2, 0.25) is 0 Å². The van der Waals surface area contributed by atoms with Gasteiger partial charge in [0.25, 0.3) is 0 Å². The Morgan fingerprint density at radius 3 is 2.68 bits per heavy atom. The van der Waals surface area contributed by atoms with E-state index in [4.69, 9.17) is 5.14 Å². The number of aryl methyl sites for hydroxylation is 1. The normalized spacial score (nSPS) is 13.4. The molecule has 0 fully saturated rings. The first-order valence-electron chi connectivity index (χ1n) is 7.01. The summed E-state index contributed by atoms with van der Waals surface area (Å²) in [6.07, 6.45) is 0. The van der Waals surface area contributed by atoms with E-state index in [9.17, 15) is 0 Å². The van der Waals surface area contributed by atoms with E-state index in [2.05, 4.69) is 71.2 Å². The predicted octanol–water partition coefficient (Wildman–Crippen LogP) is 2.93. The molecule has 4 N–H and O–H groups in total. The molecule has 0 bridgehead atoms. The number of fused-ring (bicyclic) bond motifs is 1. The summed E-state index contributed by atoms with van der Waals surface area (Å²) in [5, 5.41) is 9.86. The van der Waals surface area contributed by atoms with Gasteiger partial charge >= 0.3 is 0 Å². The predicted molar refractivity (Wildman–Crippen MR) is 94.0 cm³/mol. The van der Waals surface area contributed by atoms with Crippen molar-refractivity contribution in [2.75, 3.05) is 0 Å². The first kappa shape index (κ1) is 14.8. The summed E-state index contributed by atoms with van der Waals surface area (Å²) in [5.74, 6) is 0. The molecule has 4 nitrogen and oxygen atoms in total. The van der Waals surface area contributed by atoms with Gasteiger partial charge in [-0.3, -0.25) is 10.6 Å². The molecule has 0 saturated heterocycles. The van der Waals surface area contributed by atoms with E-state index in [0.29, 0.717) is 0 Å². The number of hydrogen-bond donors (Lipinski definition) is 3. The fourth-order valence-electron chi connectivity index (χ4n) is 2.49. The lowest BCUT2D eigenvalue weighted by molar-refractivity contribution is 0.971. The fraction of sp³-hybridized carbons (Fsp3) is 0.118. The van der Waals surface area contributed by atoms with Gasteiger partial charge in [-0.25, -0.2) is 4.72 Å². The molecule has 1 aliphatic heterocycles. The number of hydrazone groups is 1. The SMILES string of the molecule is C=C1NN=C(c2ccc(CNSN)cc2)c2cc(C)ccc21. The number of benzene rings is 2. The number of nitrogens with two attached hydrogens (primary N) is 1. The highest BCUT2D eigenvalue weighted by Crippen LogP contribution is 2.25. The van der Waals surface area contributed by atoms with E-state index < -0.39 is 0 Å². The lowest BCUT2D eigenvalue weighted by Gasteiger charge is -2.20. The van der Waals surface area contributed by atoms with Crippen molar-refractivity contribution in [1.29, 1.82) is 0 Å². The molecule has 1 heterocycles. The Morgan fingerprint density at radius 1 is 1.18 bits per heavy atom. The van der Waals surface area contributed by atoms with Crippen molar-refractivity contribution in [3.8, 4) is 0 Å². The number of rotatable bonds is 4. The highest BCUT2D eigenvalue weighted by Gasteiger charge is 2.18. The molecular formula is C17H18N4S. The quantitative estimate of drug-likeness (QED) is 0.760. The molecule has 0 unspecified atom stereocenters. The maximum atomic E-state index is 5.37. The zero-order valence-corrected chi connectivity index (χ0v) is 13.2. The topological polar surface area (TPSA) is 62.4 Å². The van der Waals surface area contributed by atoms with Crippen molar-refractivity contribution in [3.63, 3.8) is 0 Å². The molecule has 1 aliphatic rings. The zero-order valence-electron chi connectivity index (χ0n) is 12.4. The summed E-state index contributed by atoms with van der Waals surface area (Å²) < 4.78 is 3.03. The van der Waals surface area contributed by atoms with Crippen LogP contribution in [-0.2, 0) is 6.54 Å². The van der Waals surface area contributed by atoms with Gasteiger partial charge in [-0.1, -0.05) is 48.5 Å². The fourth-order valence-corrected chi connectivity index (χ4v) is 2.74. The molecule has 0 spiro atoms. The average Bonchev–Trinajstić information content (AvgIpc) is 2.54. The molecule has 0 radical (unpaired) electrons. The summed E-state index contributed by atoms with van der Waals surface area (Å²) in [6.45, 7) is 6.84. The van der Waals surface area contributed by atoms with Gasteiger partial charge in [0.05, 0.1) is 11.4 Å². The second kappa shape index (κ2) is 6.36. The van der Waals surface area contributed by atoms with Crippen LogP contribution in [0.4, 0.5) is 0 Å². The second-order valence-corrected chi connectivity index (χ2v) is 5.76. The Hall–Kier alpha value is -2.08. The number of hydrogen-bond acceptors (Lipinski definition) is 5. The smallest absolute Gasteiger partial charge is 0.0984 e. The van der Waals surface area contributed by atoms with Crippen molar-refractivity contribution >= 4 is 23.5 Å². The summed E-state index contributed by atoms with van der Waals surface area (Å²) in [4.78, 5) is 0. The Labute approximate surface area is 134 Å². The minimum absolute atomic E-state index is 0.735. The maximum Gasteiger partial charge on any atom is 0.0984 e. The van der Waals surface area contributed by atoms with Crippen LogP contribution in [0.25, 0.3) is 5.70 Å². The molecular weight excluding hydrogens is 292 g/mol. The Balaban J connectivity index is 1.95. The molecule has 3 rings (SSSR count). The molecule has 5 heteroatoms. The van der Waals surface area contributed by atoms with Crippen LogP contribution in [0.3, 0.4) is 0 Å². The number of nitrogens with zero attached hydrogens (tertiary/aromatic N) is 1. The van der Waals surface area contributed by atoms with E-state index >= 15 is 0 Å². The van der Waals surface area contributed by atoms with Gasteiger partial charge in [0.2, 0.25) is 0 Å². The van der Waals surface area contributed by atoms with Crippen LogP contribution in [0, 0.1) is 6.92 Å². The van der Waals surface area contributed by atoms with Crippen LogP contribution in [0.5, 0.6) is 0 Å². The van der Waals surface area contributed by atoms with Crippen molar-refractivity contribution < 1.29 is 0 Å². The molecule has 2 aromatic rings. The van der Waals surface area contributed by atoms with E-state index in [-0.39, 0.29) is 0 Å². The van der Waals surface area contributed by atoms with Gasteiger partial charge in [0.1, 0.15) is 0 Å². The van der Waals surface area contributed by atoms with Gasteiger partial charge < -0.3 is 0 Å². The summed E-state index contributed by atoms with van der Waals surface area (Å²) in [5.41, 5.74) is 10.5. The second-order valence-electron chi connectivity index (χ2n) is 5.24. The van der Waals surface area contributed by atoms with Crippen molar-refractivity contribution in [2.45, 2.75) is 13.5 Å². The molecule has 2 aromatic carbocycles. The van der Waals surface area contributed by atoms with E-state index in [1.165, 1.54) is 11.1 Å². The van der Waals surface area contributed by atoms with Crippen LogP contribution in [0.1, 0.15) is 27.8 Å². The Kier molecular flexibility index (Phi) is 4.29. The van der Waals surface area contributed by atoms with Gasteiger partial charge in [-0.15, -0.1) is 0 Å². The Bertz CT molecular complexity index is 735. The van der Waals surface area contributed by atoms with Gasteiger partial charge in [0.15, 0.2) is 0 Å². The molecule has 0 saturated carbocycles.